The van der Waals surface area contributed by atoms with Crippen LogP contribution in [0.4, 0.5) is 0 Å². The second-order valence-electron chi connectivity index (χ2n) is 5.17. The van der Waals surface area contributed by atoms with E-state index in [1.54, 1.807) is 31.2 Å². The number of pyridine rings is 1. The van der Waals surface area contributed by atoms with Gasteiger partial charge in [-0.2, -0.15) is 0 Å². The van der Waals surface area contributed by atoms with Gasteiger partial charge in [0.15, 0.2) is 0 Å². The van der Waals surface area contributed by atoms with Gasteiger partial charge < -0.3 is 15.6 Å². The number of aryl methyl sites for hydroxylation is 2. The lowest BCUT2D eigenvalue weighted by Gasteiger charge is -2.12. The molecule has 108 valence electrons. The van der Waals surface area contributed by atoms with Crippen molar-refractivity contribution in [1.82, 2.24) is 4.98 Å². The predicted octanol–water partition coefficient (Wildman–Crippen LogP) is 2.48. The third kappa shape index (κ3) is 2.42. The van der Waals surface area contributed by atoms with Gasteiger partial charge in [0.25, 0.3) is 5.91 Å². The molecule has 2 aromatic rings. The maximum absolute atomic E-state index is 11.6. The normalized spacial score (nSPS) is 13.0. The Morgan fingerprint density at radius 3 is 2.95 bits per heavy atom. The molecule has 0 spiro atoms. The number of carbonyl (C=O) groups excluding carboxylic acids is 1. The molecule has 0 saturated heterocycles. The number of hydrogen-bond donors (Lipinski definition) is 2. The van der Waals surface area contributed by atoms with E-state index in [9.17, 15) is 9.90 Å². The molecule has 1 aromatic carbocycles. The van der Waals surface area contributed by atoms with Crippen LogP contribution in [0.1, 0.15) is 33.6 Å². The predicted molar refractivity (Wildman–Crippen MR) is 77.7 cm³/mol. The van der Waals surface area contributed by atoms with Gasteiger partial charge in [0.1, 0.15) is 17.1 Å². The summed E-state index contributed by atoms with van der Waals surface area (Å²) >= 11 is 0. The molecule has 5 heteroatoms. The number of carbonyl (C=O) groups is 1. The number of ether oxygens (including phenoxy) is 1. The van der Waals surface area contributed by atoms with Gasteiger partial charge in [-0.1, -0.05) is 6.07 Å². The second kappa shape index (κ2) is 5.09. The number of fused-ring (bicyclic) bond motifs is 1. The van der Waals surface area contributed by atoms with Crippen LogP contribution in [0.5, 0.6) is 17.4 Å². The lowest BCUT2D eigenvalue weighted by molar-refractivity contribution is 0.0997. The molecule has 1 aliphatic rings. The third-order valence-electron chi connectivity index (χ3n) is 3.74. The van der Waals surface area contributed by atoms with Crippen molar-refractivity contribution >= 4 is 5.91 Å². The van der Waals surface area contributed by atoms with Crippen molar-refractivity contribution < 1.29 is 14.6 Å². The molecule has 0 unspecified atom stereocenters. The summed E-state index contributed by atoms with van der Waals surface area (Å²) in [6, 6.07) is 6.74. The molecule has 21 heavy (non-hydrogen) atoms. The quantitative estimate of drug-likeness (QED) is 0.906. The van der Waals surface area contributed by atoms with Crippen LogP contribution < -0.4 is 10.5 Å². The number of nitrogens with zero attached hydrogens (tertiary/aromatic N) is 1. The van der Waals surface area contributed by atoms with Crippen molar-refractivity contribution in [3.8, 4) is 17.4 Å². The summed E-state index contributed by atoms with van der Waals surface area (Å²) in [6.07, 6.45) is 2.81. The zero-order valence-corrected chi connectivity index (χ0v) is 11.7. The highest BCUT2D eigenvalue weighted by molar-refractivity contribution is 5.95. The Balaban J connectivity index is 2.05. The van der Waals surface area contributed by atoms with E-state index >= 15 is 0 Å². The van der Waals surface area contributed by atoms with E-state index in [1.165, 1.54) is 0 Å². The fourth-order valence-electron chi connectivity index (χ4n) is 2.53. The summed E-state index contributed by atoms with van der Waals surface area (Å²) in [5.74, 6) is 0.235. The Labute approximate surface area is 122 Å². The smallest absolute Gasteiger partial charge is 0.254 e. The third-order valence-corrected chi connectivity index (χ3v) is 3.74. The first-order valence-electron chi connectivity index (χ1n) is 6.85. The van der Waals surface area contributed by atoms with Gasteiger partial charge in [-0.25, -0.2) is 4.98 Å². The molecule has 1 amide bonds. The number of hydrogen-bond acceptors (Lipinski definition) is 4. The van der Waals surface area contributed by atoms with E-state index in [2.05, 4.69) is 4.98 Å². The number of phenolic OH excluding ortho intramolecular Hbond substituents is 1. The van der Waals surface area contributed by atoms with Crippen LogP contribution in [0.25, 0.3) is 0 Å². The number of aromatic hydroxyl groups is 1. The number of primary amides is 1. The Hall–Kier alpha value is -2.56. The molecule has 0 saturated carbocycles. The second-order valence-corrected chi connectivity index (χ2v) is 5.17. The zero-order chi connectivity index (χ0) is 15.0. The van der Waals surface area contributed by atoms with E-state index in [0.717, 1.165) is 30.5 Å². The van der Waals surface area contributed by atoms with Crippen LogP contribution in [-0.4, -0.2) is 16.0 Å². The molecular weight excluding hydrogens is 268 g/mol. The number of nitrogens with two attached hydrogens (primary N) is 1. The van der Waals surface area contributed by atoms with Gasteiger partial charge in [-0.05, 0) is 49.9 Å². The molecule has 5 nitrogen and oxygen atoms in total. The highest BCUT2D eigenvalue weighted by Gasteiger charge is 2.21. The highest BCUT2D eigenvalue weighted by atomic mass is 16.5. The number of amides is 1. The molecule has 0 bridgehead atoms. The van der Waals surface area contributed by atoms with Crippen LogP contribution in [0.3, 0.4) is 0 Å². The van der Waals surface area contributed by atoms with Crippen LogP contribution in [0, 0.1) is 6.92 Å². The lowest BCUT2D eigenvalue weighted by Crippen LogP contribution is -2.14. The Morgan fingerprint density at radius 2 is 2.19 bits per heavy atom. The minimum absolute atomic E-state index is 0.134. The van der Waals surface area contributed by atoms with Gasteiger partial charge in [0, 0.05) is 11.3 Å². The number of aromatic nitrogens is 1. The molecule has 0 atom stereocenters. The van der Waals surface area contributed by atoms with Gasteiger partial charge in [0.05, 0.1) is 0 Å². The van der Waals surface area contributed by atoms with Crippen LogP contribution in [0.15, 0.2) is 24.3 Å². The van der Waals surface area contributed by atoms with Crippen molar-refractivity contribution in [2.45, 2.75) is 26.2 Å². The summed E-state index contributed by atoms with van der Waals surface area (Å²) < 4.78 is 5.74. The summed E-state index contributed by atoms with van der Waals surface area (Å²) in [5.41, 5.74) is 8.30. The SMILES string of the molecule is Cc1c(O)cccc1Oc1nc2c(cc1C(N)=O)CCC2. The van der Waals surface area contributed by atoms with Crippen LogP contribution in [-0.2, 0) is 12.8 Å². The average molecular weight is 284 g/mol. The minimum Gasteiger partial charge on any atom is -0.508 e. The summed E-state index contributed by atoms with van der Waals surface area (Å²) in [4.78, 5) is 16.1. The molecular formula is C16H16N2O3. The first-order chi connectivity index (χ1) is 10.1. The molecule has 1 aliphatic carbocycles. The summed E-state index contributed by atoms with van der Waals surface area (Å²) in [6.45, 7) is 1.74. The first-order valence-corrected chi connectivity index (χ1v) is 6.85. The Bertz CT molecular complexity index is 726. The van der Waals surface area contributed by atoms with Crippen molar-refractivity contribution in [2.24, 2.45) is 5.73 Å². The van der Waals surface area contributed by atoms with Crippen LogP contribution in [0.2, 0.25) is 0 Å². The maximum atomic E-state index is 11.6. The van der Waals surface area contributed by atoms with Gasteiger partial charge >= 0.3 is 0 Å². The standard InChI is InChI=1S/C16H16N2O3/c1-9-13(19)6-3-7-14(9)21-16-11(15(17)20)8-10-4-2-5-12(10)18-16/h3,6-8,19H,2,4-5H2,1H3,(H2,17,20). The summed E-state index contributed by atoms with van der Waals surface area (Å²) in [5, 5.41) is 9.72. The van der Waals surface area contributed by atoms with Crippen molar-refractivity contribution in [3.63, 3.8) is 0 Å². The average Bonchev–Trinajstić information content (AvgIpc) is 2.90. The maximum Gasteiger partial charge on any atom is 0.254 e. The van der Waals surface area contributed by atoms with Crippen LogP contribution >= 0.6 is 0 Å². The largest absolute Gasteiger partial charge is 0.508 e. The fraction of sp³-hybridized carbons (Fsp3) is 0.250. The summed E-state index contributed by atoms with van der Waals surface area (Å²) in [7, 11) is 0. The molecule has 3 rings (SSSR count). The Morgan fingerprint density at radius 1 is 1.38 bits per heavy atom. The number of rotatable bonds is 3. The topological polar surface area (TPSA) is 85.4 Å². The lowest BCUT2D eigenvalue weighted by atomic mass is 10.1. The first kappa shape index (κ1) is 13.4. The van der Waals surface area contributed by atoms with E-state index in [1.807, 2.05) is 0 Å². The van der Waals surface area contributed by atoms with E-state index in [-0.39, 0.29) is 17.2 Å². The molecule has 0 radical (unpaired) electrons. The Kier molecular flexibility index (Phi) is 3.25. The monoisotopic (exact) mass is 284 g/mol. The van der Waals surface area contributed by atoms with Crippen molar-refractivity contribution in [2.75, 3.05) is 0 Å². The van der Waals surface area contributed by atoms with Gasteiger partial charge in [-0.3, -0.25) is 4.79 Å². The van der Waals surface area contributed by atoms with E-state index in [4.69, 9.17) is 10.5 Å². The molecule has 1 heterocycles. The van der Waals surface area contributed by atoms with Gasteiger partial charge in [0.2, 0.25) is 5.88 Å². The van der Waals surface area contributed by atoms with Crippen molar-refractivity contribution in [3.05, 3.63) is 46.6 Å². The molecule has 0 fully saturated rings. The van der Waals surface area contributed by atoms with Gasteiger partial charge in [-0.15, -0.1) is 0 Å². The molecule has 1 aromatic heterocycles. The molecule has 0 aliphatic heterocycles. The number of phenols is 1. The van der Waals surface area contributed by atoms with E-state index in [0.29, 0.717) is 11.3 Å². The number of benzene rings is 1. The van der Waals surface area contributed by atoms with E-state index < -0.39 is 5.91 Å². The molecule has 3 N–H and O–H groups in total. The minimum atomic E-state index is -0.565. The zero-order valence-electron chi connectivity index (χ0n) is 11.7. The highest BCUT2D eigenvalue weighted by Crippen LogP contribution is 2.33. The van der Waals surface area contributed by atoms with Crippen molar-refractivity contribution in [1.29, 1.82) is 0 Å². The fourth-order valence-corrected chi connectivity index (χ4v) is 2.53.